The van der Waals surface area contributed by atoms with Crippen LogP contribution in [0, 0.1) is 17.5 Å². The lowest BCUT2D eigenvalue weighted by atomic mass is 9.90. The van der Waals surface area contributed by atoms with Crippen LogP contribution >= 0.6 is 0 Å². The molecule has 246 valence electrons. The van der Waals surface area contributed by atoms with E-state index in [9.17, 15) is 27.6 Å². The molecule has 5 atom stereocenters. The number of ether oxygens (including phenoxy) is 2. The first kappa shape index (κ1) is 32.2. The third kappa shape index (κ3) is 6.71. The molecule has 2 aliphatic heterocycles. The van der Waals surface area contributed by atoms with Gasteiger partial charge in [0.05, 0.1) is 37.2 Å². The molecule has 0 saturated carbocycles. The summed E-state index contributed by atoms with van der Waals surface area (Å²) in [6, 6.07) is 10.4. The fourth-order valence-corrected chi connectivity index (χ4v) is 8.16. The molecule has 4 aromatic rings. The molecule has 0 spiro atoms. The van der Waals surface area contributed by atoms with E-state index in [2.05, 4.69) is 25.0 Å². The summed E-state index contributed by atoms with van der Waals surface area (Å²) in [6.07, 6.45) is 0.805. The summed E-state index contributed by atoms with van der Waals surface area (Å²) in [6.45, 7) is -0.0897. The molecule has 46 heavy (non-hydrogen) atoms. The van der Waals surface area contributed by atoms with Gasteiger partial charge in [0.1, 0.15) is 30.0 Å². The maximum absolute atomic E-state index is 13.9. The minimum Gasteiger partial charge on any atom is -0.394 e. The Labute approximate surface area is 263 Å². The van der Waals surface area contributed by atoms with Gasteiger partial charge in [-0.3, -0.25) is 0 Å². The van der Waals surface area contributed by atoms with Gasteiger partial charge >= 0.3 is 0 Å². The smallest absolute Gasteiger partial charge is 0.194 e. The molecule has 0 unspecified atom stereocenters. The van der Waals surface area contributed by atoms with Crippen LogP contribution in [0.1, 0.15) is 36.2 Å². The largest absolute Gasteiger partial charge is 0.394 e. The molecule has 0 bridgehead atoms. The van der Waals surface area contributed by atoms with Crippen LogP contribution in [-0.4, -0.2) is 94.0 Å². The number of aliphatic hydroxyl groups is 2. The fraction of sp³-hybridized carbons (Fsp3) is 0.467. The van der Waals surface area contributed by atoms with Crippen LogP contribution in [0.3, 0.4) is 0 Å². The minimum absolute atomic E-state index is 0.00251. The van der Waals surface area contributed by atoms with Crippen molar-refractivity contribution in [1.82, 2.24) is 30.0 Å². The Morgan fingerprint density at radius 2 is 1.72 bits per heavy atom. The molecule has 0 aliphatic carbocycles. The van der Waals surface area contributed by atoms with Gasteiger partial charge in [0.15, 0.2) is 17.5 Å². The quantitative estimate of drug-likeness (QED) is 0.258. The van der Waals surface area contributed by atoms with Crippen molar-refractivity contribution in [3.63, 3.8) is 0 Å². The molecule has 2 N–H and O–H groups in total. The van der Waals surface area contributed by atoms with Crippen molar-refractivity contribution in [3.8, 4) is 11.3 Å². The van der Waals surface area contributed by atoms with E-state index in [1.807, 2.05) is 30.3 Å². The molecule has 2 aliphatic rings. The number of hydrogen-bond acceptors (Lipinski definition) is 10. The van der Waals surface area contributed by atoms with Crippen molar-refractivity contribution < 1.29 is 37.1 Å². The monoisotopic (exact) mass is 661 g/mol. The van der Waals surface area contributed by atoms with E-state index in [1.165, 1.54) is 18.0 Å². The van der Waals surface area contributed by atoms with E-state index in [0.29, 0.717) is 36.6 Å². The maximum atomic E-state index is 13.9. The lowest BCUT2D eigenvalue weighted by Gasteiger charge is -2.43. The second-order valence-electron chi connectivity index (χ2n) is 11.5. The van der Waals surface area contributed by atoms with E-state index in [1.54, 1.807) is 10.9 Å². The van der Waals surface area contributed by atoms with Crippen molar-refractivity contribution in [2.75, 3.05) is 25.2 Å². The third-order valence-corrected chi connectivity index (χ3v) is 10.9. The average molecular weight is 662 g/mol. The zero-order valence-corrected chi connectivity index (χ0v) is 25.7. The lowest BCUT2D eigenvalue weighted by molar-refractivity contribution is -0.212. The highest BCUT2D eigenvalue weighted by Gasteiger charge is 2.47. The highest BCUT2D eigenvalue weighted by molar-refractivity contribution is 7.93. The highest BCUT2D eigenvalue weighted by Crippen LogP contribution is 2.34. The van der Waals surface area contributed by atoms with Gasteiger partial charge < -0.3 is 19.7 Å². The molecule has 0 radical (unpaired) electrons. The third-order valence-electron chi connectivity index (χ3n) is 8.54. The number of rotatable bonds is 9. The van der Waals surface area contributed by atoms with Crippen LogP contribution < -0.4 is 0 Å². The molecule has 2 aromatic heterocycles. The van der Waals surface area contributed by atoms with E-state index in [0.717, 1.165) is 17.7 Å². The van der Waals surface area contributed by atoms with E-state index >= 15 is 0 Å². The highest BCUT2D eigenvalue weighted by atomic mass is 32.2. The van der Waals surface area contributed by atoms with Crippen LogP contribution in [0.5, 0.6) is 0 Å². The van der Waals surface area contributed by atoms with Crippen molar-refractivity contribution in [2.45, 2.75) is 62.3 Å². The second-order valence-corrected chi connectivity index (χ2v) is 14.1. The van der Waals surface area contributed by atoms with E-state index in [-0.39, 0.29) is 23.7 Å². The van der Waals surface area contributed by atoms with Crippen molar-refractivity contribution in [1.29, 1.82) is 0 Å². The summed E-state index contributed by atoms with van der Waals surface area (Å²) in [7, 11) is -0.880. The Kier molecular flexibility index (Phi) is 9.52. The zero-order chi connectivity index (χ0) is 32.4. The first-order valence-corrected chi connectivity index (χ1v) is 16.7. The molecule has 0 amide bonds. The number of methoxy groups -OCH3 is 1. The first-order chi connectivity index (χ1) is 22.2. The van der Waals surface area contributed by atoms with Gasteiger partial charge in [0.2, 0.25) is 0 Å². The van der Waals surface area contributed by atoms with Crippen LogP contribution in [-0.2, 0) is 32.2 Å². The maximum Gasteiger partial charge on any atom is 0.194 e. The Morgan fingerprint density at radius 3 is 2.39 bits per heavy atom. The van der Waals surface area contributed by atoms with Crippen molar-refractivity contribution >= 4 is 9.73 Å². The number of aromatic nitrogens is 6. The molecule has 2 aromatic carbocycles. The van der Waals surface area contributed by atoms with Crippen molar-refractivity contribution in [2.24, 2.45) is 4.36 Å². The molecule has 16 heteroatoms. The minimum atomic E-state index is -2.31. The number of halogens is 3. The molecular weight excluding hydrogens is 627 g/mol. The summed E-state index contributed by atoms with van der Waals surface area (Å²) in [5.41, 5.74) is 1.59. The van der Waals surface area contributed by atoms with Crippen molar-refractivity contribution in [3.05, 3.63) is 83.6 Å². The van der Waals surface area contributed by atoms with Gasteiger partial charge in [0.25, 0.3) is 0 Å². The summed E-state index contributed by atoms with van der Waals surface area (Å²) in [5.74, 6) is -3.42. The van der Waals surface area contributed by atoms with Crippen LogP contribution in [0.4, 0.5) is 13.2 Å². The topological polar surface area (TPSA) is 150 Å². The second kappa shape index (κ2) is 13.6. The number of nitrogens with zero attached hydrogens (tertiary/aromatic N) is 7. The van der Waals surface area contributed by atoms with Crippen LogP contribution in [0.15, 0.2) is 59.2 Å². The van der Waals surface area contributed by atoms with Crippen LogP contribution in [0.25, 0.3) is 11.3 Å². The Morgan fingerprint density at radius 1 is 1.02 bits per heavy atom. The molecule has 6 rings (SSSR count). The molecular formula is C30H34F3N7O5S. The fourth-order valence-electron chi connectivity index (χ4n) is 6.04. The molecule has 12 nitrogen and oxygen atoms in total. The number of aliphatic hydroxyl groups excluding tert-OH is 2. The summed E-state index contributed by atoms with van der Waals surface area (Å²) < 4.78 is 73.9. The zero-order valence-electron chi connectivity index (χ0n) is 24.9. The van der Waals surface area contributed by atoms with Gasteiger partial charge in [-0.05, 0) is 30.5 Å². The Balaban J connectivity index is 1.16. The molecule has 2 saturated heterocycles. The summed E-state index contributed by atoms with van der Waals surface area (Å²) in [4.78, 5) is 0. The number of benzene rings is 2. The first-order valence-electron chi connectivity index (χ1n) is 14.8. The van der Waals surface area contributed by atoms with Gasteiger partial charge in [-0.15, -0.1) is 10.2 Å². The predicted octanol–water partition coefficient (Wildman–Crippen LogP) is 2.88. The Bertz CT molecular complexity index is 1740. The van der Waals surface area contributed by atoms with E-state index < -0.39 is 64.2 Å². The summed E-state index contributed by atoms with van der Waals surface area (Å²) >= 11 is 0. The summed E-state index contributed by atoms with van der Waals surface area (Å²) in [5, 5.41) is 37.8. The SMILES string of the molecule is CO[C@@H]1[C@@H](n2cc(-c3cc(F)c(F)c(F)c3)nn2)[C@@H](O)[C@@H](CO)O[C@@H]1Cc1cn(C2CCS(=O)(=NCc3ccccc3)CC2)nn1. The lowest BCUT2D eigenvalue weighted by Crippen LogP contribution is -2.57. The van der Waals surface area contributed by atoms with Gasteiger partial charge in [-0.25, -0.2) is 31.1 Å². The normalized spacial score (nSPS) is 28.3. The van der Waals surface area contributed by atoms with E-state index in [4.69, 9.17) is 9.47 Å². The standard InChI is InChI=1S/C30H34F3N7O5S/c1-44-30-25(13-20-15-39(37-35-20)21-7-9-46(43,10-8-21)34-14-18-5-3-2-4-6-18)45-26(17-41)29(42)28(30)40-16-24(36-38-40)19-11-22(31)27(33)23(32)12-19/h2-6,11-12,15-16,21,25-26,28-30,41-42H,7-10,13-14,17H2,1H3/t21?,25-,26-,28+,29+,30+,46?/m1/s1. The molecule has 4 heterocycles. The average Bonchev–Trinajstić information content (AvgIpc) is 3.74. The van der Waals surface area contributed by atoms with Gasteiger partial charge in [-0.2, -0.15) is 0 Å². The van der Waals surface area contributed by atoms with Gasteiger partial charge in [0, 0.05) is 46.5 Å². The Hall–Kier alpha value is -3.70. The molecule has 2 fully saturated rings. The van der Waals surface area contributed by atoms with Gasteiger partial charge in [-0.1, -0.05) is 40.8 Å². The predicted molar refractivity (Wildman–Crippen MR) is 159 cm³/mol. The number of hydrogen-bond donors (Lipinski definition) is 2. The van der Waals surface area contributed by atoms with Crippen LogP contribution in [0.2, 0.25) is 0 Å².